The fourth-order valence-corrected chi connectivity index (χ4v) is 5.39. The molecule has 0 bridgehead atoms. The fraction of sp³-hybridized carbons (Fsp3) is 0.200. The summed E-state index contributed by atoms with van der Waals surface area (Å²) in [5.74, 6) is 0. The van der Waals surface area contributed by atoms with Crippen molar-refractivity contribution in [1.29, 1.82) is 0 Å². The molecule has 0 aliphatic rings. The Kier molecular flexibility index (Phi) is 9.62. The maximum Gasteiger partial charge on any atom is 0.297 e. The largest absolute Gasteiger partial charge is 0.297 e. The molecule has 1 N–H and O–H groups in total. The molecule has 200 valence electrons. The smallest absolute Gasteiger partial charge is 0.282 e. The molecule has 0 amide bonds. The summed E-state index contributed by atoms with van der Waals surface area (Å²) in [7, 11) is -7.88. The van der Waals surface area contributed by atoms with Gasteiger partial charge in [-0.25, -0.2) is 0 Å². The van der Waals surface area contributed by atoms with Crippen LogP contribution in [0.3, 0.4) is 0 Å². The molecule has 0 aliphatic heterocycles. The third kappa shape index (κ3) is 8.10. The Morgan fingerprint density at radius 1 is 0.632 bits per heavy atom. The summed E-state index contributed by atoms with van der Waals surface area (Å²) < 4.78 is 61.2. The molecule has 38 heavy (non-hydrogen) atoms. The summed E-state index contributed by atoms with van der Waals surface area (Å²) >= 11 is 0. The molecule has 0 aromatic heterocycles. The van der Waals surface area contributed by atoms with Gasteiger partial charge in [0, 0.05) is 0 Å². The van der Waals surface area contributed by atoms with Crippen molar-refractivity contribution in [2.24, 2.45) is 0 Å². The van der Waals surface area contributed by atoms with Gasteiger partial charge in [0.1, 0.15) is 0 Å². The van der Waals surface area contributed by atoms with Crippen LogP contribution in [0.2, 0.25) is 0 Å². The van der Waals surface area contributed by atoms with E-state index in [0.29, 0.717) is 12.0 Å². The van der Waals surface area contributed by atoms with Crippen molar-refractivity contribution < 1.29 is 25.6 Å². The first kappa shape index (κ1) is 29.3. The quantitative estimate of drug-likeness (QED) is 0.212. The summed E-state index contributed by atoms with van der Waals surface area (Å²) in [6.45, 7) is 7.78. The minimum absolute atomic E-state index is 0.0126. The second-order valence-corrected chi connectivity index (χ2v) is 12.2. The Morgan fingerprint density at radius 2 is 1.16 bits per heavy atom. The van der Waals surface area contributed by atoms with Crippen LogP contribution in [0.4, 0.5) is 0 Å². The Bertz CT molecular complexity index is 1610. The van der Waals surface area contributed by atoms with Crippen LogP contribution in [0.5, 0.6) is 0 Å². The topological polar surface area (TPSA) is 97.7 Å². The zero-order valence-electron chi connectivity index (χ0n) is 21.9. The molecule has 0 heterocycles. The minimum atomic E-state index is -4.18. The number of hydrogen-bond acceptors (Lipinski definition) is 5. The molecule has 0 saturated heterocycles. The molecule has 0 fully saturated rings. The zero-order valence-corrected chi connectivity index (χ0v) is 23.5. The van der Waals surface area contributed by atoms with Gasteiger partial charge in [-0.05, 0) is 80.1 Å². The third-order valence-electron chi connectivity index (χ3n) is 6.08. The Morgan fingerprint density at radius 3 is 1.71 bits per heavy atom. The molecule has 0 spiro atoms. The van der Waals surface area contributed by atoms with Crippen molar-refractivity contribution in [2.75, 3.05) is 0 Å². The van der Waals surface area contributed by atoms with Crippen molar-refractivity contribution in [1.82, 2.24) is 0 Å². The van der Waals surface area contributed by atoms with Crippen LogP contribution in [-0.2, 0) is 37.4 Å². The van der Waals surface area contributed by atoms with Gasteiger partial charge in [0.2, 0.25) is 0 Å². The molecule has 4 aromatic carbocycles. The Labute approximate surface area is 225 Å². The molecule has 0 atom stereocenters. The van der Waals surface area contributed by atoms with E-state index in [9.17, 15) is 21.4 Å². The van der Waals surface area contributed by atoms with E-state index in [0.717, 1.165) is 33.4 Å². The summed E-state index contributed by atoms with van der Waals surface area (Å²) in [6.07, 6.45) is 0.490. The molecular formula is C30H32O6S2. The lowest BCUT2D eigenvalue weighted by Crippen LogP contribution is -2.07. The van der Waals surface area contributed by atoms with Crippen LogP contribution in [-0.4, -0.2) is 21.4 Å². The lowest BCUT2D eigenvalue weighted by atomic mass is 9.99. The van der Waals surface area contributed by atoms with E-state index >= 15 is 0 Å². The highest BCUT2D eigenvalue weighted by atomic mass is 32.2. The normalized spacial score (nSPS) is 11.5. The first-order chi connectivity index (χ1) is 17.9. The summed E-state index contributed by atoms with van der Waals surface area (Å²) in [4.78, 5) is 0.174. The molecular weight excluding hydrogens is 520 g/mol. The SMILES string of the molecule is Cc1ccc(S(=O)(=O)O)c(Cc2ccccc2C)c1.Cc1ccc(S(=O)(=O)OCc2ccccc2C)cc1. The van der Waals surface area contributed by atoms with Gasteiger partial charge >= 0.3 is 0 Å². The van der Waals surface area contributed by atoms with Gasteiger partial charge in [-0.1, -0.05) is 83.9 Å². The van der Waals surface area contributed by atoms with Crippen LogP contribution in [0.25, 0.3) is 0 Å². The molecule has 0 radical (unpaired) electrons. The van der Waals surface area contributed by atoms with Crippen LogP contribution in [0.1, 0.15) is 38.9 Å². The van der Waals surface area contributed by atoms with Gasteiger partial charge in [0.25, 0.3) is 20.2 Å². The fourth-order valence-electron chi connectivity index (χ4n) is 3.80. The molecule has 0 unspecified atom stereocenters. The second kappa shape index (κ2) is 12.5. The molecule has 0 saturated carbocycles. The van der Waals surface area contributed by atoms with Crippen LogP contribution < -0.4 is 0 Å². The second-order valence-electron chi connectivity index (χ2n) is 9.15. The van der Waals surface area contributed by atoms with E-state index in [1.165, 1.54) is 6.07 Å². The number of rotatable bonds is 7. The van der Waals surface area contributed by atoms with Crippen molar-refractivity contribution in [3.05, 3.63) is 130 Å². The van der Waals surface area contributed by atoms with Crippen molar-refractivity contribution in [3.63, 3.8) is 0 Å². The van der Waals surface area contributed by atoms with Gasteiger partial charge in [0.15, 0.2) is 0 Å². The van der Waals surface area contributed by atoms with Crippen molar-refractivity contribution in [2.45, 2.75) is 50.5 Å². The van der Waals surface area contributed by atoms with Crippen LogP contribution in [0, 0.1) is 27.7 Å². The van der Waals surface area contributed by atoms with Crippen LogP contribution in [0.15, 0.2) is 101 Å². The molecule has 0 aliphatic carbocycles. The van der Waals surface area contributed by atoms with Gasteiger partial charge < -0.3 is 0 Å². The zero-order chi connectivity index (χ0) is 27.9. The molecule has 6 nitrogen and oxygen atoms in total. The highest BCUT2D eigenvalue weighted by Gasteiger charge is 2.16. The lowest BCUT2D eigenvalue weighted by molar-refractivity contribution is 0.307. The average Bonchev–Trinajstić information content (AvgIpc) is 2.85. The third-order valence-corrected chi connectivity index (χ3v) is 8.31. The minimum Gasteiger partial charge on any atom is -0.282 e. The standard InChI is InChI=1S/2C15H16O3S/c1-12-7-9-15(10-8-12)19(16,17)18-11-14-6-4-3-5-13(14)2;1-11-7-8-15(19(16,17)18)14(9-11)10-13-6-4-3-5-12(13)2/h3-10H,11H2,1-2H3;3-9H,10H2,1-2H3,(H,16,17,18). The average molecular weight is 553 g/mol. The van der Waals surface area contributed by atoms with Gasteiger partial charge in [-0.3, -0.25) is 8.74 Å². The van der Waals surface area contributed by atoms with Gasteiger partial charge in [0.05, 0.1) is 16.4 Å². The maximum absolute atomic E-state index is 12.0. The molecule has 8 heteroatoms. The summed E-state index contributed by atoms with van der Waals surface area (Å²) in [5.41, 5.74) is 6.65. The highest BCUT2D eigenvalue weighted by molar-refractivity contribution is 7.86. The molecule has 4 aromatic rings. The van der Waals surface area contributed by atoms with Gasteiger partial charge in [-0.15, -0.1) is 0 Å². The van der Waals surface area contributed by atoms with E-state index in [2.05, 4.69) is 0 Å². The predicted octanol–water partition coefficient (Wildman–Crippen LogP) is 6.35. The van der Waals surface area contributed by atoms with Crippen molar-refractivity contribution in [3.8, 4) is 0 Å². The first-order valence-electron chi connectivity index (χ1n) is 12.0. The Balaban J connectivity index is 0.000000211. The Hall–Kier alpha value is -3.30. The lowest BCUT2D eigenvalue weighted by Gasteiger charge is -2.10. The van der Waals surface area contributed by atoms with E-state index in [-0.39, 0.29) is 16.4 Å². The summed E-state index contributed by atoms with van der Waals surface area (Å²) in [5, 5.41) is 0. The number of hydrogen-bond donors (Lipinski definition) is 1. The first-order valence-corrected chi connectivity index (χ1v) is 14.8. The van der Waals surface area contributed by atoms with Crippen LogP contribution >= 0.6 is 0 Å². The van der Waals surface area contributed by atoms with Gasteiger partial charge in [-0.2, -0.15) is 16.8 Å². The highest BCUT2D eigenvalue weighted by Crippen LogP contribution is 2.22. The van der Waals surface area contributed by atoms with E-state index in [1.54, 1.807) is 36.4 Å². The van der Waals surface area contributed by atoms with E-state index in [4.69, 9.17) is 4.18 Å². The molecule has 4 rings (SSSR count). The van der Waals surface area contributed by atoms with Crippen molar-refractivity contribution >= 4 is 20.2 Å². The maximum atomic E-state index is 12.0. The van der Waals surface area contributed by atoms with E-state index in [1.807, 2.05) is 76.2 Å². The number of benzene rings is 4. The summed E-state index contributed by atoms with van der Waals surface area (Å²) in [6, 6.07) is 26.9. The predicted molar refractivity (Wildman–Crippen MR) is 149 cm³/mol. The monoisotopic (exact) mass is 552 g/mol. The van der Waals surface area contributed by atoms with E-state index < -0.39 is 20.2 Å². The number of aryl methyl sites for hydroxylation is 4.